The Morgan fingerprint density at radius 3 is 2.81 bits per heavy atom. The molecule has 0 saturated heterocycles. The molecule has 2 amide bonds. The minimum atomic E-state index is -0.538. The Morgan fingerprint density at radius 1 is 1.38 bits per heavy atom. The van der Waals surface area contributed by atoms with Crippen LogP contribution in [0.3, 0.4) is 0 Å². The Balaban J connectivity index is 2.28. The topological polar surface area (TPSA) is 90.8 Å². The van der Waals surface area contributed by atoms with E-state index in [9.17, 15) is 4.79 Å². The molecule has 6 heteroatoms. The molecule has 86 valence electrons. The number of hydrogen-bond donors (Lipinski definition) is 2. The second-order valence-electron chi connectivity index (χ2n) is 3.32. The average molecular weight is 223 g/mol. The number of carbonyl (C=O) groups is 1. The fourth-order valence-electron chi connectivity index (χ4n) is 1.55. The maximum Gasteiger partial charge on any atom is 0.319 e. The van der Waals surface area contributed by atoms with Gasteiger partial charge in [-0.15, -0.1) is 0 Å². The number of rotatable bonds is 3. The van der Waals surface area contributed by atoms with Crippen molar-refractivity contribution in [1.29, 1.82) is 0 Å². The second-order valence-corrected chi connectivity index (χ2v) is 3.32. The predicted molar refractivity (Wildman–Crippen MR) is 58.5 cm³/mol. The maximum atomic E-state index is 11.2. The van der Waals surface area contributed by atoms with E-state index in [0.717, 1.165) is 0 Å². The highest BCUT2D eigenvalue weighted by atomic mass is 16.7. The summed E-state index contributed by atoms with van der Waals surface area (Å²) in [4.78, 5) is 12.6. The zero-order chi connectivity index (χ0) is 11.5. The second kappa shape index (κ2) is 4.28. The van der Waals surface area contributed by atoms with Crippen molar-refractivity contribution in [2.24, 2.45) is 11.5 Å². The summed E-state index contributed by atoms with van der Waals surface area (Å²) in [5.74, 6) is 1.28. The van der Waals surface area contributed by atoms with Gasteiger partial charge in [0.25, 0.3) is 0 Å². The molecule has 0 atom stereocenters. The quantitative estimate of drug-likeness (QED) is 0.768. The third-order valence-corrected chi connectivity index (χ3v) is 2.29. The number of carbonyl (C=O) groups excluding carboxylic acids is 1. The number of nitrogens with two attached hydrogens (primary N) is 2. The van der Waals surface area contributed by atoms with Crippen LogP contribution in [0.5, 0.6) is 11.5 Å². The van der Waals surface area contributed by atoms with E-state index >= 15 is 0 Å². The lowest BCUT2D eigenvalue weighted by Crippen LogP contribution is -2.39. The van der Waals surface area contributed by atoms with Gasteiger partial charge in [-0.2, -0.15) is 0 Å². The highest BCUT2D eigenvalue weighted by molar-refractivity contribution is 5.91. The molecule has 1 aliphatic rings. The minimum absolute atomic E-state index is 0.201. The lowest BCUT2D eigenvalue weighted by Gasteiger charge is -2.19. The molecule has 0 spiro atoms. The van der Waals surface area contributed by atoms with Gasteiger partial charge in [-0.1, -0.05) is 0 Å². The molecule has 0 aromatic heterocycles. The Kier molecular flexibility index (Phi) is 2.82. The molecule has 0 bridgehead atoms. The number of ether oxygens (including phenoxy) is 2. The van der Waals surface area contributed by atoms with Crippen molar-refractivity contribution < 1.29 is 14.3 Å². The molecule has 1 heterocycles. The van der Waals surface area contributed by atoms with Gasteiger partial charge in [-0.25, -0.2) is 4.79 Å². The molecule has 16 heavy (non-hydrogen) atoms. The summed E-state index contributed by atoms with van der Waals surface area (Å²) >= 11 is 0. The molecular formula is C10H13N3O3. The van der Waals surface area contributed by atoms with Crippen LogP contribution >= 0.6 is 0 Å². The van der Waals surface area contributed by atoms with Gasteiger partial charge in [0.15, 0.2) is 11.5 Å². The number of anilines is 1. The van der Waals surface area contributed by atoms with Gasteiger partial charge in [0.1, 0.15) is 0 Å². The number of nitrogens with zero attached hydrogens (tertiary/aromatic N) is 1. The zero-order valence-corrected chi connectivity index (χ0v) is 8.68. The summed E-state index contributed by atoms with van der Waals surface area (Å²) in [6, 6.07) is 4.66. The largest absolute Gasteiger partial charge is 0.454 e. The number of fused-ring (bicyclic) bond motifs is 1. The van der Waals surface area contributed by atoms with E-state index < -0.39 is 6.03 Å². The normalized spacial score (nSPS) is 12.6. The highest BCUT2D eigenvalue weighted by Gasteiger charge is 2.17. The van der Waals surface area contributed by atoms with E-state index in [-0.39, 0.29) is 6.79 Å². The van der Waals surface area contributed by atoms with Crippen LogP contribution in [0.25, 0.3) is 0 Å². The van der Waals surface area contributed by atoms with Crippen molar-refractivity contribution >= 4 is 11.7 Å². The highest BCUT2D eigenvalue weighted by Crippen LogP contribution is 2.35. The van der Waals surface area contributed by atoms with Crippen molar-refractivity contribution in [3.8, 4) is 11.5 Å². The van der Waals surface area contributed by atoms with Crippen LogP contribution in [-0.2, 0) is 0 Å². The zero-order valence-electron chi connectivity index (χ0n) is 8.68. The van der Waals surface area contributed by atoms with Crippen LogP contribution in [0.1, 0.15) is 0 Å². The van der Waals surface area contributed by atoms with E-state index in [2.05, 4.69) is 0 Å². The van der Waals surface area contributed by atoms with Gasteiger partial charge in [0, 0.05) is 24.8 Å². The van der Waals surface area contributed by atoms with Crippen molar-refractivity contribution in [2.45, 2.75) is 0 Å². The summed E-state index contributed by atoms with van der Waals surface area (Å²) in [5, 5.41) is 0. The lowest BCUT2D eigenvalue weighted by atomic mass is 10.2. The number of hydrogen-bond acceptors (Lipinski definition) is 4. The van der Waals surface area contributed by atoms with Gasteiger partial charge in [0.2, 0.25) is 6.79 Å². The standard InChI is InChI=1S/C10H13N3O3/c11-3-4-13(10(12)14)7-1-2-8-9(5-7)16-6-15-8/h1-2,5H,3-4,6,11H2,(H2,12,14). The summed E-state index contributed by atoms with van der Waals surface area (Å²) in [5.41, 5.74) is 11.3. The Hall–Kier alpha value is -1.95. The third kappa shape index (κ3) is 1.87. The molecule has 1 aromatic rings. The van der Waals surface area contributed by atoms with Gasteiger partial charge < -0.3 is 20.9 Å². The molecule has 0 aliphatic carbocycles. The van der Waals surface area contributed by atoms with Crippen LogP contribution in [0, 0.1) is 0 Å². The van der Waals surface area contributed by atoms with Crippen molar-refractivity contribution in [2.75, 3.05) is 24.8 Å². The number of benzene rings is 1. The molecule has 1 aliphatic heterocycles. The monoisotopic (exact) mass is 223 g/mol. The molecule has 0 fully saturated rings. The molecule has 0 unspecified atom stereocenters. The average Bonchev–Trinajstić information content (AvgIpc) is 2.72. The predicted octanol–water partition coefficient (Wildman–Crippen LogP) is 0.259. The van der Waals surface area contributed by atoms with Crippen molar-refractivity contribution in [1.82, 2.24) is 0 Å². The number of amides is 2. The SMILES string of the molecule is NCCN(C(N)=O)c1ccc2c(c1)OCO2. The maximum absolute atomic E-state index is 11.2. The molecule has 2 rings (SSSR count). The smallest absolute Gasteiger partial charge is 0.319 e. The molecule has 1 aromatic carbocycles. The van der Waals surface area contributed by atoms with E-state index in [0.29, 0.717) is 30.3 Å². The first-order valence-corrected chi connectivity index (χ1v) is 4.89. The van der Waals surface area contributed by atoms with Crippen molar-refractivity contribution in [3.63, 3.8) is 0 Å². The summed E-state index contributed by atoms with van der Waals surface area (Å²) in [6.07, 6.45) is 0. The summed E-state index contributed by atoms with van der Waals surface area (Å²) in [7, 11) is 0. The van der Waals surface area contributed by atoms with E-state index in [1.54, 1.807) is 18.2 Å². The van der Waals surface area contributed by atoms with Crippen LogP contribution in [0.15, 0.2) is 18.2 Å². The first-order chi connectivity index (χ1) is 7.72. The van der Waals surface area contributed by atoms with E-state index in [1.807, 2.05) is 0 Å². The third-order valence-electron chi connectivity index (χ3n) is 2.29. The fourth-order valence-corrected chi connectivity index (χ4v) is 1.55. The molecule has 4 N–H and O–H groups in total. The molecule has 0 radical (unpaired) electrons. The van der Waals surface area contributed by atoms with E-state index in [1.165, 1.54) is 4.90 Å². The fraction of sp³-hybridized carbons (Fsp3) is 0.300. The first kappa shape index (κ1) is 10.6. The van der Waals surface area contributed by atoms with Gasteiger partial charge in [-0.3, -0.25) is 4.90 Å². The van der Waals surface area contributed by atoms with Gasteiger partial charge in [0.05, 0.1) is 0 Å². The minimum Gasteiger partial charge on any atom is -0.454 e. The van der Waals surface area contributed by atoms with Crippen molar-refractivity contribution in [3.05, 3.63) is 18.2 Å². The number of urea groups is 1. The van der Waals surface area contributed by atoms with Gasteiger partial charge >= 0.3 is 6.03 Å². The van der Waals surface area contributed by atoms with Crippen LogP contribution in [-0.4, -0.2) is 25.9 Å². The summed E-state index contributed by atoms with van der Waals surface area (Å²) in [6.45, 7) is 0.915. The Bertz CT molecular complexity index is 408. The van der Waals surface area contributed by atoms with Crippen LogP contribution in [0.2, 0.25) is 0 Å². The molecule has 0 saturated carbocycles. The molecule has 6 nitrogen and oxygen atoms in total. The van der Waals surface area contributed by atoms with E-state index in [4.69, 9.17) is 20.9 Å². The van der Waals surface area contributed by atoms with Gasteiger partial charge in [-0.05, 0) is 12.1 Å². The lowest BCUT2D eigenvalue weighted by molar-refractivity contribution is 0.174. The Labute approximate surface area is 92.7 Å². The van der Waals surface area contributed by atoms with Crippen LogP contribution < -0.4 is 25.8 Å². The first-order valence-electron chi connectivity index (χ1n) is 4.89. The Morgan fingerprint density at radius 2 is 2.12 bits per heavy atom. The van der Waals surface area contributed by atoms with Crippen LogP contribution in [0.4, 0.5) is 10.5 Å². The molecular weight excluding hydrogens is 210 g/mol. The summed E-state index contributed by atoms with van der Waals surface area (Å²) < 4.78 is 10.4. The number of primary amides is 1.